The molecule has 1 fully saturated rings. The van der Waals surface area contributed by atoms with Crippen molar-refractivity contribution < 1.29 is 9.90 Å². The summed E-state index contributed by atoms with van der Waals surface area (Å²) in [6, 6.07) is 2.16. The van der Waals surface area contributed by atoms with Crippen molar-refractivity contribution in [1.82, 2.24) is 14.7 Å². The molecule has 2 aromatic rings. The predicted octanol–water partition coefficient (Wildman–Crippen LogP) is 3.13. The Balaban J connectivity index is 1.90. The van der Waals surface area contributed by atoms with E-state index in [1.165, 1.54) is 11.3 Å². The lowest BCUT2D eigenvalue weighted by atomic mass is 10.1. The molecule has 2 atom stereocenters. The summed E-state index contributed by atoms with van der Waals surface area (Å²) < 4.78 is 1.88. The van der Waals surface area contributed by atoms with Crippen LogP contribution in [-0.2, 0) is 7.05 Å². The number of fused-ring (bicyclic) bond motifs is 1. The van der Waals surface area contributed by atoms with Crippen molar-refractivity contribution in [2.24, 2.45) is 7.05 Å². The highest BCUT2D eigenvalue weighted by molar-refractivity contribution is 7.20. The third-order valence-corrected chi connectivity index (χ3v) is 5.74. The standard InChI is InChI=1S/C17H25N3O2S/c1-10(2)15-13-9-14(23-17(13)19(4)18-15)16(22)20-7-5-6-12(20)8-11(3)21/h9-12,21H,5-8H2,1-4H3. The van der Waals surface area contributed by atoms with E-state index in [0.717, 1.165) is 40.2 Å². The Kier molecular flexibility index (Phi) is 4.47. The van der Waals surface area contributed by atoms with Gasteiger partial charge in [0.15, 0.2) is 0 Å². The Morgan fingerprint density at radius 3 is 2.87 bits per heavy atom. The molecule has 1 aliphatic rings. The van der Waals surface area contributed by atoms with Crippen LogP contribution < -0.4 is 0 Å². The molecule has 1 saturated heterocycles. The van der Waals surface area contributed by atoms with Crippen molar-refractivity contribution in [3.05, 3.63) is 16.6 Å². The molecule has 0 radical (unpaired) electrons. The Bertz CT molecular complexity index is 717. The van der Waals surface area contributed by atoms with Gasteiger partial charge in [-0.05, 0) is 38.2 Å². The predicted molar refractivity (Wildman–Crippen MR) is 93.0 cm³/mol. The van der Waals surface area contributed by atoms with Gasteiger partial charge in [-0.15, -0.1) is 11.3 Å². The van der Waals surface area contributed by atoms with Gasteiger partial charge in [-0.2, -0.15) is 5.10 Å². The number of aliphatic hydroxyl groups excluding tert-OH is 1. The van der Waals surface area contributed by atoms with Crippen LogP contribution in [0.25, 0.3) is 10.2 Å². The summed E-state index contributed by atoms with van der Waals surface area (Å²) in [7, 11) is 1.94. The molecule has 0 bridgehead atoms. The van der Waals surface area contributed by atoms with Crippen molar-refractivity contribution in [2.45, 2.75) is 58.1 Å². The average molecular weight is 335 g/mol. The lowest BCUT2D eigenvalue weighted by Crippen LogP contribution is -2.36. The maximum Gasteiger partial charge on any atom is 0.264 e. The lowest BCUT2D eigenvalue weighted by molar-refractivity contribution is 0.0687. The van der Waals surface area contributed by atoms with Gasteiger partial charge in [0.2, 0.25) is 0 Å². The van der Waals surface area contributed by atoms with Crippen molar-refractivity contribution >= 4 is 27.5 Å². The van der Waals surface area contributed by atoms with E-state index in [2.05, 4.69) is 18.9 Å². The minimum atomic E-state index is -0.368. The number of carbonyl (C=O) groups is 1. The minimum absolute atomic E-state index is 0.101. The first-order chi connectivity index (χ1) is 10.9. The van der Waals surface area contributed by atoms with Crippen LogP contribution in [0.3, 0.4) is 0 Å². The molecule has 23 heavy (non-hydrogen) atoms. The van der Waals surface area contributed by atoms with E-state index in [1.54, 1.807) is 6.92 Å². The molecule has 2 aromatic heterocycles. The van der Waals surface area contributed by atoms with Gasteiger partial charge < -0.3 is 10.0 Å². The molecule has 3 heterocycles. The molecular weight excluding hydrogens is 310 g/mol. The van der Waals surface area contributed by atoms with E-state index in [4.69, 9.17) is 0 Å². The largest absolute Gasteiger partial charge is 0.393 e. The smallest absolute Gasteiger partial charge is 0.264 e. The van der Waals surface area contributed by atoms with E-state index in [9.17, 15) is 9.90 Å². The Morgan fingerprint density at radius 1 is 1.48 bits per heavy atom. The fourth-order valence-electron chi connectivity index (χ4n) is 3.48. The zero-order valence-corrected chi connectivity index (χ0v) is 15.1. The Hall–Kier alpha value is -1.40. The topological polar surface area (TPSA) is 58.4 Å². The second kappa shape index (κ2) is 6.24. The number of nitrogens with zero attached hydrogens (tertiary/aromatic N) is 3. The van der Waals surface area contributed by atoms with Crippen molar-refractivity contribution in [3.8, 4) is 0 Å². The number of carbonyl (C=O) groups excluding carboxylic acids is 1. The molecule has 3 rings (SSSR count). The molecule has 1 aliphatic heterocycles. The van der Waals surface area contributed by atoms with Gasteiger partial charge in [0.05, 0.1) is 16.7 Å². The number of thiophene rings is 1. The van der Waals surface area contributed by atoms with Gasteiger partial charge in [0.1, 0.15) is 4.83 Å². The van der Waals surface area contributed by atoms with Gasteiger partial charge in [-0.1, -0.05) is 13.8 Å². The van der Waals surface area contributed by atoms with Crippen LogP contribution >= 0.6 is 11.3 Å². The zero-order chi connectivity index (χ0) is 16.7. The van der Waals surface area contributed by atoms with E-state index in [0.29, 0.717) is 12.3 Å². The number of aliphatic hydroxyl groups is 1. The van der Waals surface area contributed by atoms with Gasteiger partial charge in [-0.3, -0.25) is 9.48 Å². The van der Waals surface area contributed by atoms with E-state index < -0.39 is 0 Å². The molecule has 0 aromatic carbocycles. The number of aryl methyl sites for hydroxylation is 1. The molecule has 2 unspecified atom stereocenters. The molecule has 0 saturated carbocycles. The maximum absolute atomic E-state index is 12.9. The van der Waals surface area contributed by atoms with Gasteiger partial charge in [0.25, 0.3) is 5.91 Å². The number of hydrogen-bond donors (Lipinski definition) is 1. The van der Waals surface area contributed by atoms with Crippen LogP contribution in [0.5, 0.6) is 0 Å². The summed E-state index contributed by atoms with van der Waals surface area (Å²) in [5.74, 6) is 0.440. The van der Waals surface area contributed by atoms with E-state index in [-0.39, 0.29) is 18.1 Å². The van der Waals surface area contributed by atoms with Gasteiger partial charge in [-0.25, -0.2) is 0 Å². The number of aromatic nitrogens is 2. The quantitative estimate of drug-likeness (QED) is 0.934. The van der Waals surface area contributed by atoms with Crippen LogP contribution in [-0.4, -0.2) is 44.4 Å². The lowest BCUT2D eigenvalue weighted by Gasteiger charge is -2.25. The van der Waals surface area contributed by atoms with Crippen LogP contribution in [0.1, 0.15) is 61.3 Å². The third-order valence-electron chi connectivity index (χ3n) is 4.55. The highest BCUT2D eigenvalue weighted by Crippen LogP contribution is 2.33. The summed E-state index contributed by atoms with van der Waals surface area (Å²) >= 11 is 1.52. The Labute approximate surface area is 140 Å². The van der Waals surface area contributed by atoms with Gasteiger partial charge in [0, 0.05) is 25.0 Å². The first-order valence-electron chi connectivity index (χ1n) is 8.34. The monoisotopic (exact) mass is 335 g/mol. The highest BCUT2D eigenvalue weighted by Gasteiger charge is 2.31. The molecule has 1 amide bonds. The van der Waals surface area contributed by atoms with Gasteiger partial charge >= 0.3 is 0 Å². The second-order valence-corrected chi connectivity index (χ2v) is 7.90. The molecule has 0 aliphatic carbocycles. The summed E-state index contributed by atoms with van der Waals surface area (Å²) in [5, 5.41) is 15.3. The first kappa shape index (κ1) is 16.5. The molecule has 6 heteroatoms. The zero-order valence-electron chi connectivity index (χ0n) is 14.2. The first-order valence-corrected chi connectivity index (χ1v) is 9.15. The fraction of sp³-hybridized carbons (Fsp3) is 0.647. The Morgan fingerprint density at radius 2 is 2.22 bits per heavy atom. The maximum atomic E-state index is 12.9. The third kappa shape index (κ3) is 3.02. The molecule has 5 nitrogen and oxygen atoms in total. The average Bonchev–Trinajstić information content (AvgIpc) is 3.14. The number of rotatable bonds is 4. The van der Waals surface area contributed by atoms with Crippen LogP contribution in [0.4, 0.5) is 0 Å². The van der Waals surface area contributed by atoms with Crippen molar-refractivity contribution in [3.63, 3.8) is 0 Å². The van der Waals surface area contributed by atoms with E-state index in [1.807, 2.05) is 22.7 Å². The minimum Gasteiger partial charge on any atom is -0.393 e. The summed E-state index contributed by atoms with van der Waals surface area (Å²) in [6.45, 7) is 6.83. The normalized spacial score (nSPS) is 19.9. The SMILES string of the molecule is CC(O)CC1CCCN1C(=O)c1cc2c(C(C)C)nn(C)c2s1. The van der Waals surface area contributed by atoms with Crippen molar-refractivity contribution in [1.29, 1.82) is 0 Å². The molecular formula is C17H25N3O2S. The van der Waals surface area contributed by atoms with Crippen LogP contribution in [0, 0.1) is 0 Å². The van der Waals surface area contributed by atoms with Crippen LogP contribution in [0.15, 0.2) is 6.07 Å². The molecule has 0 spiro atoms. The van der Waals surface area contributed by atoms with Crippen molar-refractivity contribution in [2.75, 3.05) is 6.54 Å². The molecule has 1 N–H and O–H groups in total. The number of amides is 1. The summed E-state index contributed by atoms with van der Waals surface area (Å²) in [6.07, 6.45) is 2.30. The van der Waals surface area contributed by atoms with E-state index >= 15 is 0 Å². The fourth-order valence-corrected chi connectivity index (χ4v) is 4.52. The summed E-state index contributed by atoms with van der Waals surface area (Å²) in [4.78, 5) is 16.7. The number of hydrogen-bond acceptors (Lipinski definition) is 4. The second-order valence-electron chi connectivity index (χ2n) is 6.87. The summed E-state index contributed by atoms with van der Waals surface area (Å²) in [5.41, 5.74) is 1.06. The molecule has 126 valence electrons. The van der Waals surface area contributed by atoms with Crippen LogP contribution in [0.2, 0.25) is 0 Å². The number of likely N-dealkylation sites (tertiary alicyclic amines) is 1. The highest BCUT2D eigenvalue weighted by atomic mass is 32.1.